The number of halogens is 2. The summed E-state index contributed by atoms with van der Waals surface area (Å²) in [5.41, 5.74) is 4.85. The number of nitrogen functional groups attached to an aromatic ring is 1. The van der Waals surface area contributed by atoms with Crippen LogP contribution in [0.2, 0.25) is 0 Å². The summed E-state index contributed by atoms with van der Waals surface area (Å²) >= 11 is 0. The van der Waals surface area contributed by atoms with Crippen LogP contribution in [0, 0.1) is 0 Å². The number of alkyl halides is 2. The molecule has 0 aliphatic heterocycles. The molecule has 1 rings (SSSR count). The van der Waals surface area contributed by atoms with E-state index >= 15 is 0 Å². The molecule has 0 heterocycles. The van der Waals surface area contributed by atoms with Crippen LogP contribution < -0.4 is 10.0 Å². The van der Waals surface area contributed by atoms with Crippen LogP contribution in [-0.4, -0.2) is 32.3 Å². The van der Waals surface area contributed by atoms with Gasteiger partial charge in [-0.05, 0) is 18.2 Å². The van der Waals surface area contributed by atoms with Gasteiger partial charge in [0.1, 0.15) is 0 Å². The SMILES string of the molecule is CN(c1ccc(C(=O)O)cc1N)S(=O)(=O)C(F)F. The van der Waals surface area contributed by atoms with Crippen molar-refractivity contribution in [1.29, 1.82) is 0 Å². The monoisotopic (exact) mass is 280 g/mol. The van der Waals surface area contributed by atoms with E-state index in [1.165, 1.54) is 0 Å². The number of anilines is 2. The highest BCUT2D eigenvalue weighted by molar-refractivity contribution is 7.93. The lowest BCUT2D eigenvalue weighted by Crippen LogP contribution is -2.32. The standard InChI is InChI=1S/C9H10F2N2O4S/c1-13(18(16,17)9(10)11)7-3-2-5(8(14)15)4-6(7)12/h2-4,9H,12H2,1H3,(H,14,15). The summed E-state index contributed by atoms with van der Waals surface area (Å²) in [5, 5.41) is 8.68. The van der Waals surface area contributed by atoms with E-state index in [2.05, 4.69) is 0 Å². The lowest BCUT2D eigenvalue weighted by molar-refractivity contribution is 0.0697. The first-order valence-corrected chi connectivity index (χ1v) is 6.07. The van der Waals surface area contributed by atoms with Gasteiger partial charge in [-0.1, -0.05) is 0 Å². The third-order valence-electron chi connectivity index (χ3n) is 2.22. The van der Waals surface area contributed by atoms with Gasteiger partial charge in [0.25, 0.3) is 10.0 Å². The molecule has 0 saturated heterocycles. The van der Waals surface area contributed by atoms with Crippen LogP contribution in [0.3, 0.4) is 0 Å². The number of carbonyl (C=O) groups is 1. The van der Waals surface area contributed by atoms with Crippen LogP contribution in [0.25, 0.3) is 0 Å². The second-order valence-corrected chi connectivity index (χ2v) is 5.29. The Hall–Kier alpha value is -1.90. The van der Waals surface area contributed by atoms with E-state index < -0.39 is 21.8 Å². The molecule has 3 N–H and O–H groups in total. The fourth-order valence-electron chi connectivity index (χ4n) is 1.23. The molecule has 18 heavy (non-hydrogen) atoms. The number of sulfonamides is 1. The minimum Gasteiger partial charge on any atom is -0.478 e. The van der Waals surface area contributed by atoms with Gasteiger partial charge in [-0.3, -0.25) is 4.31 Å². The molecule has 0 radical (unpaired) electrons. The molecule has 0 amide bonds. The Kier molecular flexibility index (Phi) is 3.75. The minimum atomic E-state index is -4.81. The van der Waals surface area contributed by atoms with Crippen molar-refractivity contribution in [3.8, 4) is 0 Å². The molecule has 0 saturated carbocycles. The van der Waals surface area contributed by atoms with Crippen molar-refractivity contribution in [3.63, 3.8) is 0 Å². The molecule has 0 spiro atoms. The molecule has 1 aromatic carbocycles. The molecule has 0 bridgehead atoms. The van der Waals surface area contributed by atoms with Crippen LogP contribution >= 0.6 is 0 Å². The maximum atomic E-state index is 12.3. The van der Waals surface area contributed by atoms with Crippen LogP contribution in [-0.2, 0) is 10.0 Å². The van der Waals surface area contributed by atoms with E-state index in [1.54, 1.807) is 0 Å². The van der Waals surface area contributed by atoms with Gasteiger partial charge in [0.05, 0.1) is 16.9 Å². The average molecular weight is 280 g/mol. The number of carboxylic acids is 1. The van der Waals surface area contributed by atoms with Crippen molar-refractivity contribution >= 4 is 27.4 Å². The van der Waals surface area contributed by atoms with Gasteiger partial charge in [-0.15, -0.1) is 0 Å². The summed E-state index contributed by atoms with van der Waals surface area (Å²) in [6, 6.07) is 3.12. The Bertz CT molecular complexity index is 574. The average Bonchev–Trinajstić information content (AvgIpc) is 2.27. The summed E-state index contributed by atoms with van der Waals surface area (Å²) in [4.78, 5) is 10.6. The molecular formula is C9H10F2N2O4S. The Morgan fingerprint density at radius 1 is 1.44 bits per heavy atom. The zero-order valence-corrected chi connectivity index (χ0v) is 9.99. The smallest absolute Gasteiger partial charge is 0.355 e. The normalized spacial score (nSPS) is 11.6. The molecule has 9 heteroatoms. The van der Waals surface area contributed by atoms with Crippen molar-refractivity contribution in [3.05, 3.63) is 23.8 Å². The van der Waals surface area contributed by atoms with Crippen LogP contribution in [0.5, 0.6) is 0 Å². The number of hydrogen-bond acceptors (Lipinski definition) is 4. The number of nitrogens with zero attached hydrogens (tertiary/aromatic N) is 1. The molecule has 0 aromatic heterocycles. The van der Waals surface area contributed by atoms with Gasteiger partial charge < -0.3 is 10.8 Å². The van der Waals surface area contributed by atoms with Gasteiger partial charge in [0.2, 0.25) is 0 Å². The fraction of sp³-hybridized carbons (Fsp3) is 0.222. The van der Waals surface area contributed by atoms with Gasteiger partial charge in [0, 0.05) is 7.05 Å². The summed E-state index contributed by atoms with van der Waals surface area (Å²) in [6.07, 6.45) is 0. The number of rotatable bonds is 4. The van der Waals surface area contributed by atoms with E-state index in [-0.39, 0.29) is 16.9 Å². The zero-order chi connectivity index (χ0) is 14.1. The fourth-order valence-corrected chi connectivity index (χ4v) is 1.91. The van der Waals surface area contributed by atoms with E-state index in [0.717, 1.165) is 25.2 Å². The molecular weight excluding hydrogens is 270 g/mol. The second kappa shape index (κ2) is 4.77. The lowest BCUT2D eigenvalue weighted by Gasteiger charge is -2.20. The summed E-state index contributed by atoms with van der Waals surface area (Å²) in [5.74, 6) is -4.84. The predicted octanol–water partition coefficient (Wildman–Crippen LogP) is 0.956. The molecule has 1 aromatic rings. The first-order valence-electron chi connectivity index (χ1n) is 4.56. The number of carboxylic acid groups (broad SMARTS) is 1. The topological polar surface area (TPSA) is 101 Å². The van der Waals surface area contributed by atoms with Crippen LogP contribution in [0.4, 0.5) is 20.2 Å². The summed E-state index contributed by atoms with van der Waals surface area (Å²) in [6.45, 7) is 0. The predicted molar refractivity (Wildman–Crippen MR) is 61.1 cm³/mol. The molecule has 6 nitrogen and oxygen atoms in total. The molecule has 0 unspecified atom stereocenters. The Balaban J connectivity index is 3.24. The number of hydrogen-bond donors (Lipinski definition) is 2. The van der Waals surface area contributed by atoms with E-state index in [0.29, 0.717) is 4.31 Å². The zero-order valence-electron chi connectivity index (χ0n) is 9.17. The molecule has 100 valence electrons. The Labute approximate surface area is 102 Å². The molecule has 0 aliphatic rings. The number of benzene rings is 1. The van der Waals surface area contributed by atoms with Crippen molar-refractivity contribution in [2.75, 3.05) is 17.1 Å². The Morgan fingerprint density at radius 3 is 2.39 bits per heavy atom. The molecule has 0 fully saturated rings. The third kappa shape index (κ3) is 2.50. The number of aromatic carboxylic acids is 1. The molecule has 0 atom stereocenters. The van der Waals surface area contributed by atoms with Crippen LogP contribution in [0.1, 0.15) is 10.4 Å². The van der Waals surface area contributed by atoms with Crippen molar-refractivity contribution < 1.29 is 27.1 Å². The first kappa shape index (κ1) is 14.2. The van der Waals surface area contributed by atoms with Gasteiger partial charge in [-0.2, -0.15) is 8.78 Å². The highest BCUT2D eigenvalue weighted by Gasteiger charge is 2.30. The summed E-state index contributed by atoms with van der Waals surface area (Å²) < 4.78 is 47.4. The molecule has 0 aliphatic carbocycles. The largest absolute Gasteiger partial charge is 0.478 e. The maximum absolute atomic E-state index is 12.3. The third-order valence-corrected chi connectivity index (χ3v) is 3.63. The maximum Gasteiger partial charge on any atom is 0.355 e. The Morgan fingerprint density at radius 2 is 2.00 bits per heavy atom. The highest BCUT2D eigenvalue weighted by atomic mass is 32.2. The van der Waals surface area contributed by atoms with E-state index in [9.17, 15) is 22.0 Å². The highest BCUT2D eigenvalue weighted by Crippen LogP contribution is 2.27. The minimum absolute atomic E-state index is 0.168. The van der Waals surface area contributed by atoms with E-state index in [4.69, 9.17) is 10.8 Å². The summed E-state index contributed by atoms with van der Waals surface area (Å²) in [7, 11) is -3.90. The van der Waals surface area contributed by atoms with Gasteiger partial charge in [-0.25, -0.2) is 13.2 Å². The quantitative estimate of drug-likeness (QED) is 0.800. The second-order valence-electron chi connectivity index (χ2n) is 3.35. The van der Waals surface area contributed by atoms with Gasteiger partial charge >= 0.3 is 11.7 Å². The van der Waals surface area contributed by atoms with E-state index in [1.807, 2.05) is 0 Å². The van der Waals surface area contributed by atoms with Crippen LogP contribution in [0.15, 0.2) is 18.2 Å². The van der Waals surface area contributed by atoms with Crippen molar-refractivity contribution in [2.45, 2.75) is 5.76 Å². The van der Waals surface area contributed by atoms with Crippen molar-refractivity contribution in [1.82, 2.24) is 0 Å². The van der Waals surface area contributed by atoms with Gasteiger partial charge in [0.15, 0.2) is 0 Å². The number of nitrogens with two attached hydrogens (primary N) is 1. The lowest BCUT2D eigenvalue weighted by atomic mass is 10.2. The van der Waals surface area contributed by atoms with Crippen molar-refractivity contribution in [2.24, 2.45) is 0 Å². The first-order chi connectivity index (χ1) is 8.17.